The zero-order chi connectivity index (χ0) is 25.6. The van der Waals surface area contributed by atoms with E-state index in [-0.39, 0.29) is 21.7 Å². The number of aromatic nitrogens is 2. The van der Waals surface area contributed by atoms with Gasteiger partial charge in [-0.15, -0.1) is 0 Å². The number of rotatable bonds is 9. The third kappa shape index (κ3) is 6.66. The lowest BCUT2D eigenvalue weighted by molar-refractivity contribution is -0.132. The molecule has 0 atom stereocenters. The van der Waals surface area contributed by atoms with E-state index in [2.05, 4.69) is 25.9 Å². The first-order valence-electron chi connectivity index (χ1n) is 10.3. The largest absolute Gasteiger partial charge is 0.338 e. The Hall–Kier alpha value is -3.74. The van der Waals surface area contributed by atoms with Gasteiger partial charge in [0.15, 0.2) is 15.7 Å². The van der Waals surface area contributed by atoms with Crippen LogP contribution in [0.5, 0.6) is 0 Å². The number of sulfone groups is 1. The van der Waals surface area contributed by atoms with E-state index in [0.717, 1.165) is 0 Å². The lowest BCUT2D eigenvalue weighted by Crippen LogP contribution is -2.25. The number of nitrogens with one attached hydrogen (secondary N) is 4. The normalized spacial score (nSPS) is 11.1. The molecule has 3 rings (SSSR count). The molecule has 13 heteroatoms. The van der Waals surface area contributed by atoms with E-state index < -0.39 is 33.3 Å². The molecule has 0 aliphatic carbocycles. The number of benzene rings is 2. The summed E-state index contributed by atoms with van der Waals surface area (Å²) >= 11 is 6.24. The van der Waals surface area contributed by atoms with Crippen molar-refractivity contribution in [2.75, 3.05) is 16.0 Å². The Kier molecular flexibility index (Phi) is 8.22. The lowest BCUT2D eigenvalue weighted by Gasteiger charge is -2.15. The summed E-state index contributed by atoms with van der Waals surface area (Å²) < 4.78 is 25.4. The summed E-state index contributed by atoms with van der Waals surface area (Å²) in [6.07, 6.45) is 0.853. The fourth-order valence-corrected chi connectivity index (χ4v) is 4.21. The summed E-state index contributed by atoms with van der Waals surface area (Å²) in [7, 11) is -3.55. The summed E-state index contributed by atoms with van der Waals surface area (Å²) in [6, 6.07) is 13.0. The van der Waals surface area contributed by atoms with Crippen molar-refractivity contribution in [3.8, 4) is 0 Å². The first-order valence-corrected chi connectivity index (χ1v) is 12.2. The van der Waals surface area contributed by atoms with Gasteiger partial charge in [0.25, 0.3) is 5.91 Å². The molecule has 3 aromatic rings. The molecule has 35 heavy (non-hydrogen) atoms. The van der Waals surface area contributed by atoms with Gasteiger partial charge < -0.3 is 16.0 Å². The summed E-state index contributed by atoms with van der Waals surface area (Å²) in [6.45, 7) is 3.21. The molecule has 184 valence electrons. The third-order valence-corrected chi connectivity index (χ3v) is 7.17. The number of carbonyl (C=O) groups excluding carboxylic acids is 2. The Morgan fingerprint density at radius 2 is 1.66 bits per heavy atom. The van der Waals surface area contributed by atoms with Crippen LogP contribution < -0.4 is 21.4 Å². The molecule has 2 amide bonds. The summed E-state index contributed by atoms with van der Waals surface area (Å²) in [5, 5.41) is 16.6. The SMILES string of the molecule is CC(C)S(=O)(=O)c1ccccc1Nc1nc(Nc2ccc(NC(=O)CC(=O)NO)cc2)ncc1Cl. The Balaban J connectivity index is 1.76. The molecule has 0 bridgehead atoms. The fourth-order valence-electron chi connectivity index (χ4n) is 2.87. The molecule has 0 saturated heterocycles. The number of hydrogen-bond acceptors (Lipinski definition) is 9. The van der Waals surface area contributed by atoms with Crippen molar-refractivity contribution in [1.82, 2.24) is 15.4 Å². The Morgan fingerprint density at radius 3 is 2.31 bits per heavy atom. The lowest BCUT2D eigenvalue weighted by atomic mass is 10.2. The zero-order valence-corrected chi connectivity index (χ0v) is 20.3. The Labute approximate surface area is 206 Å². The highest BCUT2D eigenvalue weighted by molar-refractivity contribution is 7.92. The van der Waals surface area contributed by atoms with Gasteiger partial charge in [-0.2, -0.15) is 4.98 Å². The number of hydroxylamine groups is 1. The molecule has 0 unspecified atom stereocenters. The number of anilines is 5. The first kappa shape index (κ1) is 25.9. The van der Waals surface area contributed by atoms with Crippen molar-refractivity contribution in [3.63, 3.8) is 0 Å². The average molecular weight is 519 g/mol. The molecule has 0 saturated carbocycles. The van der Waals surface area contributed by atoms with Crippen molar-refractivity contribution in [3.05, 3.63) is 59.8 Å². The number of amides is 2. The quantitative estimate of drug-likeness (QED) is 0.162. The number of carbonyl (C=O) groups is 2. The van der Waals surface area contributed by atoms with Gasteiger partial charge in [0.1, 0.15) is 11.4 Å². The number of hydrogen-bond donors (Lipinski definition) is 5. The minimum Gasteiger partial charge on any atom is -0.338 e. The first-order chi connectivity index (χ1) is 16.6. The summed E-state index contributed by atoms with van der Waals surface area (Å²) in [5.41, 5.74) is 2.75. The van der Waals surface area contributed by atoms with Gasteiger partial charge in [0, 0.05) is 11.4 Å². The molecule has 0 spiro atoms. The van der Waals surface area contributed by atoms with Gasteiger partial charge in [0.2, 0.25) is 11.9 Å². The van der Waals surface area contributed by atoms with E-state index >= 15 is 0 Å². The van der Waals surface area contributed by atoms with E-state index in [4.69, 9.17) is 16.8 Å². The standard InChI is InChI=1S/C22H23ClN6O5S/c1-13(2)35(33,34)18-6-4-3-5-17(18)27-21-16(23)12-24-22(28-21)26-15-9-7-14(8-10-15)25-19(30)11-20(31)29-32/h3-10,12-13,32H,11H2,1-2H3,(H,25,30)(H,29,31)(H2,24,26,27,28). The van der Waals surface area contributed by atoms with Gasteiger partial charge in [-0.1, -0.05) is 23.7 Å². The molecule has 1 aromatic heterocycles. The van der Waals surface area contributed by atoms with E-state index in [1.54, 1.807) is 56.3 Å². The second kappa shape index (κ2) is 11.1. The van der Waals surface area contributed by atoms with Crippen molar-refractivity contribution in [1.29, 1.82) is 0 Å². The van der Waals surface area contributed by atoms with Crippen LogP contribution in [0.2, 0.25) is 5.02 Å². The zero-order valence-electron chi connectivity index (χ0n) is 18.7. The van der Waals surface area contributed by atoms with Crippen LogP contribution in [0.25, 0.3) is 0 Å². The highest BCUT2D eigenvalue weighted by atomic mass is 35.5. The second-order valence-corrected chi connectivity index (χ2v) is 10.4. The maximum Gasteiger partial charge on any atom is 0.252 e. The topological polar surface area (TPSA) is 162 Å². The van der Waals surface area contributed by atoms with Gasteiger partial charge in [-0.25, -0.2) is 18.9 Å². The van der Waals surface area contributed by atoms with Gasteiger partial charge >= 0.3 is 0 Å². The molecule has 0 fully saturated rings. The Morgan fingerprint density at radius 1 is 1.00 bits per heavy atom. The molecule has 0 aliphatic heterocycles. The maximum atomic E-state index is 12.7. The van der Waals surface area contributed by atoms with E-state index in [9.17, 15) is 18.0 Å². The van der Waals surface area contributed by atoms with Crippen LogP contribution in [0.15, 0.2) is 59.6 Å². The molecule has 11 nitrogen and oxygen atoms in total. The van der Waals surface area contributed by atoms with Crippen molar-refractivity contribution >= 4 is 62.1 Å². The number of nitrogens with zero attached hydrogens (tertiary/aromatic N) is 2. The van der Waals surface area contributed by atoms with Crippen LogP contribution in [0.3, 0.4) is 0 Å². The van der Waals surface area contributed by atoms with Crippen LogP contribution >= 0.6 is 11.6 Å². The molecule has 0 radical (unpaired) electrons. The number of para-hydroxylation sites is 1. The van der Waals surface area contributed by atoms with E-state index in [0.29, 0.717) is 17.1 Å². The van der Waals surface area contributed by atoms with Crippen LogP contribution in [0.4, 0.5) is 28.8 Å². The van der Waals surface area contributed by atoms with Crippen molar-refractivity contribution < 1.29 is 23.2 Å². The average Bonchev–Trinajstić information content (AvgIpc) is 2.82. The minimum absolute atomic E-state index is 0.133. The molecule has 5 N–H and O–H groups in total. The number of halogens is 1. The highest BCUT2D eigenvalue weighted by Crippen LogP contribution is 2.30. The van der Waals surface area contributed by atoms with Crippen LogP contribution in [0, 0.1) is 0 Å². The fraction of sp³-hybridized carbons (Fsp3) is 0.182. The minimum atomic E-state index is -3.55. The third-order valence-electron chi connectivity index (χ3n) is 4.68. The van der Waals surface area contributed by atoms with Crippen molar-refractivity contribution in [2.24, 2.45) is 0 Å². The van der Waals surface area contributed by atoms with E-state index in [1.807, 2.05) is 0 Å². The maximum absolute atomic E-state index is 12.7. The van der Waals surface area contributed by atoms with Gasteiger partial charge in [-0.05, 0) is 50.2 Å². The molecular weight excluding hydrogens is 496 g/mol. The highest BCUT2D eigenvalue weighted by Gasteiger charge is 2.23. The molecular formula is C22H23ClN6O5S. The van der Waals surface area contributed by atoms with Crippen LogP contribution in [-0.2, 0) is 19.4 Å². The van der Waals surface area contributed by atoms with Crippen LogP contribution in [-0.4, -0.2) is 40.7 Å². The molecule has 0 aliphatic rings. The van der Waals surface area contributed by atoms with Gasteiger partial charge in [-0.3, -0.25) is 14.8 Å². The van der Waals surface area contributed by atoms with E-state index in [1.165, 1.54) is 17.7 Å². The van der Waals surface area contributed by atoms with Crippen LogP contribution in [0.1, 0.15) is 20.3 Å². The summed E-state index contributed by atoms with van der Waals surface area (Å²) in [5.74, 6) is -1.01. The molecule has 1 heterocycles. The smallest absolute Gasteiger partial charge is 0.252 e. The predicted molar refractivity (Wildman–Crippen MR) is 132 cm³/mol. The van der Waals surface area contributed by atoms with Gasteiger partial charge in [0.05, 0.1) is 22.0 Å². The predicted octanol–water partition coefficient (Wildman–Crippen LogP) is 3.63. The molecule has 2 aromatic carbocycles. The summed E-state index contributed by atoms with van der Waals surface area (Å²) in [4.78, 5) is 31.4. The Bertz CT molecular complexity index is 1330. The van der Waals surface area contributed by atoms with Crippen molar-refractivity contribution in [2.45, 2.75) is 30.4 Å². The monoisotopic (exact) mass is 518 g/mol. The second-order valence-electron chi connectivity index (χ2n) is 7.57.